The molecule has 14 heteroatoms. The molecule has 0 radical (unpaired) electrons. The second-order valence-corrected chi connectivity index (χ2v) is 11.3. The highest BCUT2D eigenvalue weighted by Crippen LogP contribution is 2.30. The molecule has 0 aliphatic rings. The van der Waals surface area contributed by atoms with Gasteiger partial charge in [-0.15, -0.1) is 0 Å². The maximum atomic E-state index is 5.98. The number of hydrogen-bond acceptors (Lipinski definition) is 10. The third kappa shape index (κ3) is 9.44. The van der Waals surface area contributed by atoms with E-state index in [-0.39, 0.29) is 0 Å². The predicted molar refractivity (Wildman–Crippen MR) is 210 cm³/mol. The summed E-state index contributed by atoms with van der Waals surface area (Å²) >= 11 is 0. The van der Waals surface area contributed by atoms with Crippen LogP contribution in [0.25, 0.3) is 45.3 Å². The van der Waals surface area contributed by atoms with Gasteiger partial charge in [0.15, 0.2) is 23.3 Å². The van der Waals surface area contributed by atoms with Crippen LogP contribution in [-0.2, 0) is 19.4 Å². The number of rotatable bonds is 12. The Morgan fingerprint density at radius 1 is 0.333 bits per heavy atom. The quantitative estimate of drug-likeness (QED) is 0.0627. The molecule has 0 fully saturated rings. The van der Waals surface area contributed by atoms with Crippen LogP contribution in [0.3, 0.4) is 0 Å². The summed E-state index contributed by atoms with van der Waals surface area (Å²) in [6.07, 6.45) is 0. The number of benzene rings is 4. The number of hydrogen-bond donors (Lipinski definition) is 4. The molecular weight excluding hydrogens is 688 g/mol. The zero-order valence-electron chi connectivity index (χ0n) is 30.1. The Labute approximate surface area is 311 Å². The van der Waals surface area contributed by atoms with E-state index >= 15 is 0 Å². The largest absolute Gasteiger partial charge is 0.456 e. The minimum absolute atomic E-state index is 0.320. The zero-order valence-corrected chi connectivity index (χ0v) is 30.1. The molecule has 6 aromatic rings. The third-order valence-electron chi connectivity index (χ3n) is 7.83. The van der Waals surface area contributed by atoms with Crippen molar-refractivity contribution in [2.75, 3.05) is 28.4 Å². The summed E-state index contributed by atoms with van der Waals surface area (Å²) < 4.78 is 12.0. The Bertz CT molecular complexity index is 1920. The first kappa shape index (κ1) is 37.8. The molecule has 0 aliphatic heterocycles. The Kier molecular flexibility index (Phi) is 12.7. The molecule has 2 heterocycles. The van der Waals surface area contributed by atoms with E-state index < -0.39 is 0 Å². The monoisotopic (exact) mass is 728 g/mol. The summed E-state index contributed by atoms with van der Waals surface area (Å²) in [5, 5.41) is 14.9. The fraction of sp³-hybridized carbons (Fsp3) is 0.100. The molecule has 6 rings (SSSR count). The van der Waals surface area contributed by atoms with E-state index in [2.05, 4.69) is 40.0 Å². The van der Waals surface area contributed by atoms with E-state index in [4.69, 9.17) is 31.8 Å². The van der Waals surface area contributed by atoms with E-state index in [9.17, 15) is 0 Å². The molecule has 8 N–H and O–H groups in total. The number of nitrogens with two attached hydrogens (primary N) is 4. The average Bonchev–Trinajstić information content (AvgIpc) is 3.91. The molecule has 0 saturated carbocycles. The molecule has 4 aromatic carbocycles. The number of furan rings is 2. The fourth-order valence-electron chi connectivity index (χ4n) is 5.12. The van der Waals surface area contributed by atoms with E-state index in [0.29, 0.717) is 23.3 Å². The van der Waals surface area contributed by atoms with E-state index in [0.717, 1.165) is 67.5 Å². The molecular formula is C40H40N8O6. The van der Waals surface area contributed by atoms with Crippen LogP contribution in [0.2, 0.25) is 0 Å². The van der Waals surface area contributed by atoms with Crippen LogP contribution in [0.1, 0.15) is 22.3 Å². The van der Waals surface area contributed by atoms with Gasteiger partial charge in [-0.25, -0.2) is 0 Å². The van der Waals surface area contributed by atoms with E-state index in [1.807, 2.05) is 121 Å². The highest BCUT2D eigenvalue weighted by atomic mass is 16.6. The molecule has 0 amide bonds. The van der Waals surface area contributed by atoms with Gasteiger partial charge >= 0.3 is 0 Å². The molecule has 0 unspecified atom stereocenters. The van der Waals surface area contributed by atoms with Gasteiger partial charge in [0, 0.05) is 44.5 Å². The summed E-state index contributed by atoms with van der Waals surface area (Å²) in [5.41, 5.74) is 30.1. The van der Waals surface area contributed by atoms with E-state index in [1.54, 1.807) is 0 Å². The lowest BCUT2D eigenvalue weighted by atomic mass is 10.1. The molecule has 0 aliphatic carbocycles. The van der Waals surface area contributed by atoms with Crippen molar-refractivity contribution in [2.24, 2.45) is 43.6 Å². The normalized spacial score (nSPS) is 12.1. The molecule has 0 spiro atoms. The van der Waals surface area contributed by atoms with Gasteiger partial charge in [0.2, 0.25) is 0 Å². The van der Waals surface area contributed by atoms with Crippen LogP contribution >= 0.6 is 0 Å². The van der Waals surface area contributed by atoms with Gasteiger partial charge in [0.25, 0.3) is 0 Å². The van der Waals surface area contributed by atoms with Crippen LogP contribution in [0, 0.1) is 0 Å². The molecule has 2 aromatic heterocycles. The van der Waals surface area contributed by atoms with Gasteiger partial charge in [-0.2, -0.15) is 0 Å². The smallest absolute Gasteiger partial charge is 0.170 e. The van der Waals surface area contributed by atoms with Gasteiger partial charge < -0.3 is 51.1 Å². The van der Waals surface area contributed by atoms with Gasteiger partial charge in [0.1, 0.15) is 51.5 Å². The maximum absolute atomic E-state index is 5.98. The highest BCUT2D eigenvalue weighted by molar-refractivity contribution is 5.99. The first-order valence-corrected chi connectivity index (χ1v) is 16.3. The topological polar surface area (TPSA) is 217 Å². The van der Waals surface area contributed by atoms with Crippen LogP contribution < -0.4 is 22.9 Å². The number of amidine groups is 4. The molecule has 14 nitrogen and oxygen atoms in total. The maximum Gasteiger partial charge on any atom is 0.170 e. The Balaban J connectivity index is 0.000000208. The summed E-state index contributed by atoms with van der Waals surface area (Å²) in [5.74, 6) is 4.29. The lowest BCUT2D eigenvalue weighted by Gasteiger charge is -2.03. The van der Waals surface area contributed by atoms with Crippen molar-refractivity contribution in [2.45, 2.75) is 0 Å². The van der Waals surface area contributed by atoms with Crippen molar-refractivity contribution < 1.29 is 28.2 Å². The summed E-state index contributed by atoms with van der Waals surface area (Å²) in [4.78, 5) is 18.7. The lowest BCUT2D eigenvalue weighted by Crippen LogP contribution is -2.13. The SMILES string of the molecule is CON=C(N)c1ccc(-c2ccc(-c3ccc(C(N)=NOC)cc3)o2)cc1.CON=C(N)c1ccc(-c2ccc(-c3ccc(C(N)=NOC)cc3)o2)cc1. The molecule has 0 bridgehead atoms. The molecule has 54 heavy (non-hydrogen) atoms. The highest BCUT2D eigenvalue weighted by Gasteiger charge is 2.11. The second-order valence-electron chi connectivity index (χ2n) is 11.3. The van der Waals surface area contributed by atoms with Crippen molar-refractivity contribution in [3.8, 4) is 45.3 Å². The minimum Gasteiger partial charge on any atom is -0.456 e. The van der Waals surface area contributed by atoms with Gasteiger partial charge in [-0.1, -0.05) is 118 Å². The van der Waals surface area contributed by atoms with Crippen LogP contribution in [-0.4, -0.2) is 51.8 Å². The van der Waals surface area contributed by atoms with Crippen molar-refractivity contribution in [1.82, 2.24) is 0 Å². The average molecular weight is 729 g/mol. The molecule has 0 saturated heterocycles. The van der Waals surface area contributed by atoms with Crippen LogP contribution in [0.15, 0.2) is 151 Å². The fourth-order valence-corrected chi connectivity index (χ4v) is 5.12. The van der Waals surface area contributed by atoms with Crippen molar-refractivity contribution >= 4 is 23.3 Å². The number of nitrogens with zero attached hydrogens (tertiary/aromatic N) is 4. The van der Waals surface area contributed by atoms with Crippen molar-refractivity contribution in [3.63, 3.8) is 0 Å². The first-order valence-electron chi connectivity index (χ1n) is 16.3. The van der Waals surface area contributed by atoms with Gasteiger partial charge in [-0.3, -0.25) is 0 Å². The standard InChI is InChI=1S/2C20H20N4O3/c2*1-25-23-19(21)15-7-3-13(4-8-15)17-11-12-18(27-17)14-5-9-16(10-6-14)20(22)24-26-2/h2*3-12H,1-2H3,(H2,21,23)(H2,22,24). The van der Waals surface area contributed by atoms with Crippen molar-refractivity contribution in [3.05, 3.63) is 144 Å². The summed E-state index contributed by atoms with van der Waals surface area (Å²) in [6.45, 7) is 0. The van der Waals surface area contributed by atoms with E-state index in [1.165, 1.54) is 28.4 Å². The van der Waals surface area contributed by atoms with Crippen molar-refractivity contribution in [1.29, 1.82) is 0 Å². The summed E-state index contributed by atoms with van der Waals surface area (Å²) in [7, 11) is 5.82. The van der Waals surface area contributed by atoms with Gasteiger partial charge in [-0.05, 0) is 24.3 Å². The predicted octanol–water partition coefficient (Wildman–Crippen LogP) is 6.29. The molecule has 0 atom stereocenters. The zero-order chi connectivity index (χ0) is 38.5. The third-order valence-corrected chi connectivity index (χ3v) is 7.83. The number of oxime groups is 4. The first-order chi connectivity index (χ1) is 26.2. The van der Waals surface area contributed by atoms with Gasteiger partial charge in [0.05, 0.1) is 0 Å². The lowest BCUT2D eigenvalue weighted by molar-refractivity contribution is 0.213. The Morgan fingerprint density at radius 2 is 0.519 bits per heavy atom. The van der Waals surface area contributed by atoms with Crippen LogP contribution in [0.5, 0.6) is 0 Å². The molecule has 276 valence electrons. The van der Waals surface area contributed by atoms with Crippen LogP contribution in [0.4, 0.5) is 0 Å². The minimum atomic E-state index is 0.320. The summed E-state index contributed by atoms with van der Waals surface area (Å²) in [6, 6.07) is 37.9. The Morgan fingerprint density at radius 3 is 0.685 bits per heavy atom. The Hall–Kier alpha value is -7.48. The second kappa shape index (κ2) is 18.1.